The van der Waals surface area contributed by atoms with Crippen LogP contribution in [-0.4, -0.2) is 49.2 Å². The average Bonchev–Trinajstić information content (AvgIpc) is 2.68. The lowest BCUT2D eigenvalue weighted by molar-refractivity contribution is 0.0591. The Bertz CT molecular complexity index is 982. The number of rotatable bonds is 3. The van der Waals surface area contributed by atoms with E-state index in [1.165, 1.54) is 52.8 Å². The van der Waals surface area contributed by atoms with E-state index in [4.69, 9.17) is 5.26 Å². The Morgan fingerprint density at radius 2 is 1.74 bits per heavy atom. The molecule has 0 spiro atoms. The number of amides is 1. The second-order valence-electron chi connectivity index (χ2n) is 6.35. The van der Waals surface area contributed by atoms with Gasteiger partial charge in [0.2, 0.25) is 10.0 Å². The molecule has 0 N–H and O–H groups in total. The van der Waals surface area contributed by atoms with Gasteiger partial charge in [0.25, 0.3) is 5.91 Å². The number of hydrogen-bond acceptors (Lipinski definition) is 4. The van der Waals surface area contributed by atoms with Gasteiger partial charge in [0.15, 0.2) is 0 Å². The molecule has 27 heavy (non-hydrogen) atoms. The van der Waals surface area contributed by atoms with Crippen molar-refractivity contribution < 1.29 is 17.6 Å². The number of halogens is 1. The number of hydrogen-bond donors (Lipinski definition) is 0. The number of nitrogens with zero attached hydrogens (tertiary/aromatic N) is 3. The van der Waals surface area contributed by atoms with Gasteiger partial charge in [-0.15, -0.1) is 0 Å². The minimum atomic E-state index is -3.70. The van der Waals surface area contributed by atoms with E-state index in [1.54, 1.807) is 11.8 Å². The molecule has 0 radical (unpaired) electrons. The molecule has 0 bridgehead atoms. The molecule has 6 nitrogen and oxygen atoms in total. The number of piperazine rings is 1. The summed E-state index contributed by atoms with van der Waals surface area (Å²) >= 11 is 0. The lowest BCUT2D eigenvalue weighted by Gasteiger charge is -2.39. The van der Waals surface area contributed by atoms with Crippen molar-refractivity contribution in [2.75, 3.05) is 19.6 Å². The minimum absolute atomic E-state index is 0.118. The van der Waals surface area contributed by atoms with E-state index in [0.717, 1.165) is 0 Å². The highest BCUT2D eigenvalue weighted by Gasteiger charge is 2.34. The number of carbonyl (C=O) groups is 1. The molecule has 1 aliphatic rings. The molecule has 1 fully saturated rings. The first kappa shape index (κ1) is 19.0. The van der Waals surface area contributed by atoms with Crippen molar-refractivity contribution >= 4 is 15.9 Å². The van der Waals surface area contributed by atoms with Crippen LogP contribution >= 0.6 is 0 Å². The molecule has 0 unspecified atom stereocenters. The van der Waals surface area contributed by atoms with Gasteiger partial charge >= 0.3 is 0 Å². The van der Waals surface area contributed by atoms with Crippen molar-refractivity contribution in [2.24, 2.45) is 0 Å². The predicted molar refractivity (Wildman–Crippen MR) is 96.8 cm³/mol. The van der Waals surface area contributed by atoms with E-state index in [-0.39, 0.29) is 36.5 Å². The smallest absolute Gasteiger partial charge is 0.254 e. The maximum Gasteiger partial charge on any atom is 0.254 e. The Hall–Kier alpha value is -2.76. The monoisotopic (exact) mass is 387 g/mol. The fourth-order valence-corrected chi connectivity index (χ4v) is 4.57. The Balaban J connectivity index is 1.74. The molecule has 0 aromatic heterocycles. The molecule has 1 saturated heterocycles. The van der Waals surface area contributed by atoms with Gasteiger partial charge in [0.1, 0.15) is 5.82 Å². The topological polar surface area (TPSA) is 81.5 Å². The fraction of sp³-hybridized carbons (Fsp3) is 0.263. The predicted octanol–water partition coefficient (Wildman–Crippen LogP) is 2.23. The van der Waals surface area contributed by atoms with E-state index < -0.39 is 15.8 Å². The van der Waals surface area contributed by atoms with E-state index in [9.17, 15) is 17.6 Å². The van der Waals surface area contributed by atoms with Crippen LogP contribution in [0.4, 0.5) is 4.39 Å². The van der Waals surface area contributed by atoms with Gasteiger partial charge in [-0.1, -0.05) is 0 Å². The van der Waals surface area contributed by atoms with Gasteiger partial charge < -0.3 is 4.90 Å². The van der Waals surface area contributed by atoms with Gasteiger partial charge in [-0.25, -0.2) is 12.8 Å². The van der Waals surface area contributed by atoms with Crippen molar-refractivity contribution in [3.05, 3.63) is 65.5 Å². The maximum absolute atomic E-state index is 13.0. The Morgan fingerprint density at radius 1 is 1.11 bits per heavy atom. The second-order valence-corrected chi connectivity index (χ2v) is 8.29. The largest absolute Gasteiger partial charge is 0.333 e. The van der Waals surface area contributed by atoms with Crippen LogP contribution in [0.25, 0.3) is 0 Å². The number of sulfonamides is 1. The highest BCUT2D eigenvalue weighted by molar-refractivity contribution is 7.89. The van der Waals surface area contributed by atoms with Crippen LogP contribution in [0.15, 0.2) is 53.4 Å². The third-order valence-corrected chi connectivity index (χ3v) is 6.44. The molecule has 2 aromatic carbocycles. The molecule has 0 aliphatic carbocycles. The van der Waals surface area contributed by atoms with E-state index in [1.807, 2.05) is 6.07 Å². The normalized spacial score (nSPS) is 18.1. The number of carbonyl (C=O) groups excluding carboxylic acids is 1. The first-order chi connectivity index (χ1) is 12.8. The summed E-state index contributed by atoms with van der Waals surface area (Å²) in [4.78, 5) is 14.3. The zero-order valence-electron chi connectivity index (χ0n) is 14.7. The van der Waals surface area contributed by atoms with Crippen LogP contribution in [0.3, 0.4) is 0 Å². The SMILES string of the molecule is C[C@H]1CN(S(=O)(=O)c2ccc(C#N)cc2)CCN1C(=O)c1ccc(F)cc1. The molecular formula is C19H18FN3O3S. The zero-order chi connectivity index (χ0) is 19.6. The Morgan fingerprint density at radius 3 is 2.30 bits per heavy atom. The van der Waals surface area contributed by atoms with Crippen LogP contribution in [0, 0.1) is 17.1 Å². The summed E-state index contributed by atoms with van der Waals surface area (Å²) in [5.41, 5.74) is 0.753. The fourth-order valence-electron chi connectivity index (χ4n) is 3.05. The molecule has 140 valence electrons. The third kappa shape index (κ3) is 3.84. The lowest BCUT2D eigenvalue weighted by atomic mass is 10.1. The van der Waals surface area contributed by atoms with Crippen molar-refractivity contribution in [1.82, 2.24) is 9.21 Å². The number of benzene rings is 2. The summed E-state index contributed by atoms with van der Waals surface area (Å²) < 4.78 is 40.0. The molecular weight excluding hydrogens is 369 g/mol. The van der Waals surface area contributed by atoms with Crippen molar-refractivity contribution in [2.45, 2.75) is 17.9 Å². The lowest BCUT2D eigenvalue weighted by Crippen LogP contribution is -2.55. The first-order valence-corrected chi connectivity index (χ1v) is 9.84. The minimum Gasteiger partial charge on any atom is -0.333 e. The van der Waals surface area contributed by atoms with Crippen LogP contribution in [0.2, 0.25) is 0 Å². The van der Waals surface area contributed by atoms with Crippen molar-refractivity contribution in [3.63, 3.8) is 0 Å². The standard InChI is InChI=1S/C19H18FN3O3S/c1-14-13-22(27(25,26)18-8-2-15(12-21)3-9-18)10-11-23(14)19(24)16-4-6-17(20)7-5-16/h2-9,14H,10-11,13H2,1H3/t14-/m0/s1. The quantitative estimate of drug-likeness (QED) is 0.809. The van der Waals surface area contributed by atoms with Gasteiger partial charge in [-0.05, 0) is 55.5 Å². The van der Waals surface area contributed by atoms with Gasteiger partial charge in [0, 0.05) is 31.2 Å². The van der Waals surface area contributed by atoms with E-state index in [0.29, 0.717) is 11.1 Å². The Labute approximate surface area is 157 Å². The molecule has 3 rings (SSSR count). The zero-order valence-corrected chi connectivity index (χ0v) is 15.5. The van der Waals surface area contributed by atoms with E-state index >= 15 is 0 Å². The summed E-state index contributed by atoms with van der Waals surface area (Å²) in [6, 6.07) is 12.7. The molecule has 1 atom stereocenters. The van der Waals surface area contributed by atoms with Crippen molar-refractivity contribution in [3.8, 4) is 6.07 Å². The highest BCUT2D eigenvalue weighted by Crippen LogP contribution is 2.22. The molecule has 2 aromatic rings. The molecule has 0 saturated carbocycles. The molecule has 1 heterocycles. The Kier molecular flexibility index (Phi) is 5.26. The maximum atomic E-state index is 13.0. The average molecular weight is 387 g/mol. The molecule has 1 amide bonds. The van der Waals surface area contributed by atoms with Crippen LogP contribution in [0.5, 0.6) is 0 Å². The van der Waals surface area contributed by atoms with Gasteiger partial charge in [-0.2, -0.15) is 9.57 Å². The molecule has 1 aliphatic heterocycles. The van der Waals surface area contributed by atoms with E-state index in [2.05, 4.69) is 0 Å². The summed E-state index contributed by atoms with van der Waals surface area (Å²) in [5, 5.41) is 8.84. The summed E-state index contributed by atoms with van der Waals surface area (Å²) in [7, 11) is -3.70. The number of nitriles is 1. The summed E-state index contributed by atoms with van der Waals surface area (Å²) in [6.45, 7) is 2.35. The van der Waals surface area contributed by atoms with Crippen LogP contribution < -0.4 is 0 Å². The highest BCUT2D eigenvalue weighted by atomic mass is 32.2. The second kappa shape index (κ2) is 7.47. The molecule has 8 heteroatoms. The first-order valence-electron chi connectivity index (χ1n) is 8.40. The summed E-state index contributed by atoms with van der Waals surface area (Å²) in [5.74, 6) is -0.671. The van der Waals surface area contributed by atoms with Crippen LogP contribution in [0.1, 0.15) is 22.8 Å². The van der Waals surface area contributed by atoms with Crippen LogP contribution in [-0.2, 0) is 10.0 Å². The van der Waals surface area contributed by atoms with Gasteiger partial charge in [0.05, 0.1) is 16.5 Å². The van der Waals surface area contributed by atoms with Gasteiger partial charge in [-0.3, -0.25) is 4.79 Å². The summed E-state index contributed by atoms with van der Waals surface area (Å²) in [6.07, 6.45) is 0. The van der Waals surface area contributed by atoms with Crippen molar-refractivity contribution in [1.29, 1.82) is 5.26 Å². The third-order valence-electron chi connectivity index (χ3n) is 4.56.